The number of aromatic nitrogens is 2. The van der Waals surface area contributed by atoms with E-state index in [1.54, 1.807) is 10.9 Å². The first-order valence-corrected chi connectivity index (χ1v) is 10.0. The fourth-order valence-electron chi connectivity index (χ4n) is 4.76. The normalized spacial score (nSPS) is 23.0. The van der Waals surface area contributed by atoms with Gasteiger partial charge in [0.1, 0.15) is 0 Å². The Balaban J connectivity index is 1.71. The minimum Gasteiger partial charge on any atom is -0.335 e. The maximum Gasteiger partial charge on any atom is 0.257 e. The second kappa shape index (κ2) is 7.07. The predicted molar refractivity (Wildman–Crippen MR) is 104 cm³/mol. The molecule has 1 aromatic heterocycles. The van der Waals surface area contributed by atoms with Crippen LogP contribution in [0.3, 0.4) is 0 Å². The highest BCUT2D eigenvalue weighted by atomic mass is 35.5. The number of likely N-dealkylation sites (tertiary alicyclic amines) is 1. The number of rotatable bonds is 2. The molecular weight excluding hydrogens is 346 g/mol. The monoisotopic (exact) mass is 371 g/mol. The molecule has 2 heterocycles. The SMILES string of the molecule is Cc1ccc(-c2c(C(=O)N3CCCC4CCCCC43)cnn2C)c(Cl)c1. The van der Waals surface area contributed by atoms with Gasteiger partial charge in [-0.1, -0.05) is 36.6 Å². The van der Waals surface area contributed by atoms with Gasteiger partial charge in [-0.25, -0.2) is 0 Å². The van der Waals surface area contributed by atoms with E-state index >= 15 is 0 Å². The van der Waals surface area contributed by atoms with Gasteiger partial charge in [0.15, 0.2) is 0 Å². The highest BCUT2D eigenvalue weighted by molar-refractivity contribution is 6.33. The molecule has 138 valence electrons. The van der Waals surface area contributed by atoms with E-state index in [-0.39, 0.29) is 5.91 Å². The zero-order valence-corrected chi connectivity index (χ0v) is 16.3. The number of halogens is 1. The van der Waals surface area contributed by atoms with Crippen molar-refractivity contribution in [2.75, 3.05) is 6.54 Å². The van der Waals surface area contributed by atoms with Crippen LogP contribution in [0.25, 0.3) is 11.3 Å². The summed E-state index contributed by atoms with van der Waals surface area (Å²) < 4.78 is 1.77. The van der Waals surface area contributed by atoms with Gasteiger partial charge in [0.2, 0.25) is 0 Å². The third-order valence-electron chi connectivity index (χ3n) is 6.05. The summed E-state index contributed by atoms with van der Waals surface area (Å²) in [5.74, 6) is 0.783. The first-order valence-electron chi connectivity index (χ1n) is 9.65. The van der Waals surface area contributed by atoms with Crippen molar-refractivity contribution in [1.82, 2.24) is 14.7 Å². The average molecular weight is 372 g/mol. The smallest absolute Gasteiger partial charge is 0.257 e. The maximum atomic E-state index is 13.5. The Bertz CT molecular complexity index is 827. The summed E-state index contributed by atoms with van der Waals surface area (Å²) in [6.07, 6.45) is 9.01. The molecule has 1 saturated heterocycles. The molecule has 5 heteroatoms. The maximum absolute atomic E-state index is 13.5. The Morgan fingerprint density at radius 2 is 1.96 bits per heavy atom. The zero-order chi connectivity index (χ0) is 18.3. The predicted octanol–water partition coefficient (Wildman–Crippen LogP) is 4.84. The van der Waals surface area contributed by atoms with Crippen LogP contribution in [0.4, 0.5) is 0 Å². The highest BCUT2D eigenvalue weighted by Crippen LogP contribution is 2.37. The molecule has 1 amide bonds. The van der Waals surface area contributed by atoms with Crippen molar-refractivity contribution >= 4 is 17.5 Å². The number of piperidine rings is 1. The van der Waals surface area contributed by atoms with Crippen molar-refractivity contribution in [3.63, 3.8) is 0 Å². The number of benzene rings is 1. The number of carbonyl (C=O) groups is 1. The standard InChI is InChI=1S/C21H26ClN3O/c1-14-9-10-16(18(22)12-14)20-17(13-23-24(20)2)21(26)25-11-5-7-15-6-3-4-8-19(15)25/h9-10,12-13,15,19H,3-8,11H2,1-2H3. The van der Waals surface area contributed by atoms with Gasteiger partial charge in [0.25, 0.3) is 5.91 Å². The van der Waals surface area contributed by atoms with E-state index in [4.69, 9.17) is 11.6 Å². The van der Waals surface area contributed by atoms with Gasteiger partial charge in [-0.3, -0.25) is 9.48 Å². The summed E-state index contributed by atoms with van der Waals surface area (Å²) in [5, 5.41) is 5.05. The molecule has 0 spiro atoms. The van der Waals surface area contributed by atoms with E-state index in [0.717, 1.165) is 36.2 Å². The number of hydrogen-bond donors (Lipinski definition) is 0. The van der Waals surface area contributed by atoms with E-state index in [0.29, 0.717) is 22.5 Å². The van der Waals surface area contributed by atoms with Crippen molar-refractivity contribution in [1.29, 1.82) is 0 Å². The van der Waals surface area contributed by atoms with Gasteiger partial charge in [-0.2, -0.15) is 5.10 Å². The lowest BCUT2D eigenvalue weighted by atomic mass is 9.78. The van der Waals surface area contributed by atoms with E-state index in [2.05, 4.69) is 10.00 Å². The van der Waals surface area contributed by atoms with Crippen LogP contribution >= 0.6 is 11.6 Å². The average Bonchev–Trinajstić information content (AvgIpc) is 3.02. The molecular formula is C21H26ClN3O. The molecule has 1 aliphatic carbocycles. The quantitative estimate of drug-likeness (QED) is 0.757. The lowest BCUT2D eigenvalue weighted by Crippen LogP contribution is -2.49. The van der Waals surface area contributed by atoms with Crippen molar-refractivity contribution < 1.29 is 4.79 Å². The van der Waals surface area contributed by atoms with Gasteiger partial charge in [0.05, 0.1) is 22.5 Å². The summed E-state index contributed by atoms with van der Waals surface area (Å²) in [5.41, 5.74) is 3.47. The third kappa shape index (κ3) is 3.05. The molecule has 2 aromatic rings. The van der Waals surface area contributed by atoms with Gasteiger partial charge in [0, 0.05) is 25.2 Å². The molecule has 2 unspecified atom stereocenters. The van der Waals surface area contributed by atoms with Crippen LogP contribution in [0.15, 0.2) is 24.4 Å². The Kier molecular flexibility index (Phi) is 4.78. The Morgan fingerprint density at radius 3 is 2.77 bits per heavy atom. The molecule has 4 nitrogen and oxygen atoms in total. The van der Waals surface area contributed by atoms with Crippen LogP contribution in [-0.2, 0) is 7.05 Å². The van der Waals surface area contributed by atoms with Crippen LogP contribution in [-0.4, -0.2) is 33.2 Å². The van der Waals surface area contributed by atoms with Crippen LogP contribution in [0.2, 0.25) is 5.02 Å². The Hall–Kier alpha value is -1.81. The van der Waals surface area contributed by atoms with Crippen LogP contribution in [0.5, 0.6) is 0 Å². The summed E-state index contributed by atoms with van der Waals surface area (Å²) in [6, 6.07) is 6.36. The van der Waals surface area contributed by atoms with Gasteiger partial charge < -0.3 is 4.90 Å². The second-order valence-electron chi connectivity index (χ2n) is 7.77. The minimum absolute atomic E-state index is 0.112. The van der Waals surface area contributed by atoms with Crippen LogP contribution in [0, 0.1) is 12.8 Å². The first kappa shape index (κ1) is 17.6. The number of carbonyl (C=O) groups excluding carboxylic acids is 1. The zero-order valence-electron chi connectivity index (χ0n) is 15.5. The van der Waals surface area contributed by atoms with Gasteiger partial charge >= 0.3 is 0 Å². The third-order valence-corrected chi connectivity index (χ3v) is 6.37. The molecule has 0 bridgehead atoms. The molecule has 0 N–H and O–H groups in total. The van der Waals surface area contributed by atoms with Crippen molar-refractivity contribution in [2.45, 2.75) is 51.5 Å². The van der Waals surface area contributed by atoms with Crippen molar-refractivity contribution in [2.24, 2.45) is 13.0 Å². The van der Waals surface area contributed by atoms with Gasteiger partial charge in [-0.15, -0.1) is 0 Å². The largest absolute Gasteiger partial charge is 0.335 e. The van der Waals surface area contributed by atoms with E-state index < -0.39 is 0 Å². The summed E-state index contributed by atoms with van der Waals surface area (Å²) >= 11 is 6.50. The Morgan fingerprint density at radius 1 is 1.19 bits per heavy atom. The molecule has 1 saturated carbocycles. The number of nitrogens with zero attached hydrogens (tertiary/aromatic N) is 3. The fraction of sp³-hybridized carbons (Fsp3) is 0.524. The molecule has 1 aromatic carbocycles. The number of aryl methyl sites for hydroxylation is 2. The van der Waals surface area contributed by atoms with Crippen LogP contribution in [0.1, 0.15) is 54.4 Å². The van der Waals surface area contributed by atoms with E-state index in [1.807, 2.05) is 32.2 Å². The first-order chi connectivity index (χ1) is 12.6. The molecule has 4 rings (SSSR count). The summed E-state index contributed by atoms with van der Waals surface area (Å²) in [4.78, 5) is 15.6. The number of amides is 1. The summed E-state index contributed by atoms with van der Waals surface area (Å²) in [7, 11) is 1.88. The molecule has 2 atom stereocenters. The minimum atomic E-state index is 0.112. The second-order valence-corrected chi connectivity index (χ2v) is 8.17. The van der Waals surface area contributed by atoms with E-state index in [1.165, 1.54) is 25.7 Å². The molecule has 2 fully saturated rings. The number of hydrogen-bond acceptors (Lipinski definition) is 2. The topological polar surface area (TPSA) is 38.1 Å². The summed E-state index contributed by atoms with van der Waals surface area (Å²) in [6.45, 7) is 2.87. The molecule has 26 heavy (non-hydrogen) atoms. The van der Waals surface area contributed by atoms with E-state index in [9.17, 15) is 4.79 Å². The lowest BCUT2D eigenvalue weighted by Gasteiger charge is -2.44. The molecule has 0 radical (unpaired) electrons. The van der Waals surface area contributed by atoms with Gasteiger partial charge in [-0.05, 0) is 50.2 Å². The molecule has 1 aliphatic heterocycles. The van der Waals surface area contributed by atoms with Crippen molar-refractivity contribution in [3.05, 3.63) is 40.5 Å². The van der Waals surface area contributed by atoms with Crippen molar-refractivity contribution in [3.8, 4) is 11.3 Å². The highest BCUT2D eigenvalue weighted by Gasteiger charge is 2.37. The Labute approximate surface area is 160 Å². The fourth-order valence-corrected chi connectivity index (χ4v) is 5.08. The number of fused-ring (bicyclic) bond motifs is 1. The lowest BCUT2D eigenvalue weighted by molar-refractivity contribution is 0.0391. The molecule has 2 aliphatic rings. The van der Waals surface area contributed by atoms with Crippen LogP contribution < -0.4 is 0 Å².